The van der Waals surface area contributed by atoms with Gasteiger partial charge in [-0.15, -0.1) is 0 Å². The van der Waals surface area contributed by atoms with Crippen LogP contribution in [0.3, 0.4) is 0 Å². The number of amides is 1. The van der Waals surface area contributed by atoms with Gasteiger partial charge < -0.3 is 19.8 Å². The maximum Gasteiger partial charge on any atom is 0.411 e. The average Bonchev–Trinajstić information content (AvgIpc) is 3.38. The van der Waals surface area contributed by atoms with Crippen molar-refractivity contribution in [1.29, 1.82) is 0 Å². The van der Waals surface area contributed by atoms with Crippen LogP contribution in [0.15, 0.2) is 30.5 Å². The maximum absolute atomic E-state index is 11.6. The second-order valence-corrected chi connectivity index (χ2v) is 8.72. The van der Waals surface area contributed by atoms with E-state index in [0.29, 0.717) is 18.1 Å². The van der Waals surface area contributed by atoms with Gasteiger partial charge in [-0.25, -0.2) is 19.4 Å². The molecule has 10 nitrogen and oxygen atoms in total. The monoisotopic (exact) mass is 452 g/mol. The molecule has 2 N–H and O–H groups in total. The van der Waals surface area contributed by atoms with E-state index in [-0.39, 0.29) is 18.8 Å². The van der Waals surface area contributed by atoms with Crippen molar-refractivity contribution in [2.75, 3.05) is 29.4 Å². The summed E-state index contributed by atoms with van der Waals surface area (Å²) in [5.74, 6) is 1.43. The fourth-order valence-corrected chi connectivity index (χ4v) is 4.68. The van der Waals surface area contributed by atoms with Crippen molar-refractivity contribution in [2.24, 2.45) is 0 Å². The summed E-state index contributed by atoms with van der Waals surface area (Å²) in [5.41, 5.74) is 2.04. The highest BCUT2D eigenvalue weighted by Gasteiger charge is 2.35. The molecule has 1 aromatic carbocycles. The number of benzene rings is 1. The number of morpholine rings is 1. The molecular formula is C23H28N6O4. The predicted molar refractivity (Wildman–Crippen MR) is 124 cm³/mol. The van der Waals surface area contributed by atoms with Gasteiger partial charge in [-0.2, -0.15) is 5.10 Å². The summed E-state index contributed by atoms with van der Waals surface area (Å²) in [6, 6.07) is 7.05. The molecule has 2 saturated heterocycles. The molecule has 3 atom stereocenters. The summed E-state index contributed by atoms with van der Waals surface area (Å²) in [6.07, 6.45) is 2.56. The Bertz CT molecular complexity index is 1150. The summed E-state index contributed by atoms with van der Waals surface area (Å²) < 4.78 is 7.87. The van der Waals surface area contributed by atoms with E-state index >= 15 is 0 Å². The Labute approximate surface area is 191 Å². The number of carbonyl (C=O) groups is 1. The van der Waals surface area contributed by atoms with Gasteiger partial charge >= 0.3 is 6.09 Å². The van der Waals surface area contributed by atoms with Crippen LogP contribution < -0.4 is 9.80 Å². The molecule has 33 heavy (non-hydrogen) atoms. The number of ether oxygens (including phenoxy) is 1. The molecule has 5 rings (SSSR count). The van der Waals surface area contributed by atoms with Gasteiger partial charge in [-0.1, -0.05) is 0 Å². The summed E-state index contributed by atoms with van der Waals surface area (Å²) in [5, 5.41) is 24.6. The van der Waals surface area contributed by atoms with Gasteiger partial charge in [0.1, 0.15) is 5.82 Å². The van der Waals surface area contributed by atoms with Crippen LogP contribution in [0.25, 0.3) is 22.4 Å². The van der Waals surface area contributed by atoms with Crippen LogP contribution in [0.2, 0.25) is 0 Å². The van der Waals surface area contributed by atoms with E-state index in [2.05, 4.69) is 10.00 Å². The lowest BCUT2D eigenvalue weighted by Crippen LogP contribution is -2.43. The van der Waals surface area contributed by atoms with Gasteiger partial charge in [0.25, 0.3) is 0 Å². The number of aliphatic hydroxyl groups excluding tert-OH is 1. The molecule has 0 radical (unpaired) electrons. The fourth-order valence-electron chi connectivity index (χ4n) is 4.68. The number of hydrogen-bond donors (Lipinski definition) is 2. The number of aliphatic hydroxyl groups is 1. The summed E-state index contributed by atoms with van der Waals surface area (Å²) >= 11 is 0. The highest BCUT2D eigenvalue weighted by molar-refractivity contribution is 5.89. The first-order valence-electron chi connectivity index (χ1n) is 11.4. The zero-order valence-electron chi connectivity index (χ0n) is 18.8. The van der Waals surface area contributed by atoms with Crippen molar-refractivity contribution in [2.45, 2.75) is 51.5 Å². The minimum absolute atomic E-state index is 0.00363. The molecule has 2 bridgehead atoms. The number of aromatic nitrogens is 4. The topological polar surface area (TPSA) is 117 Å². The van der Waals surface area contributed by atoms with Crippen LogP contribution in [0.4, 0.5) is 16.3 Å². The van der Waals surface area contributed by atoms with Crippen LogP contribution in [0.5, 0.6) is 0 Å². The third-order valence-corrected chi connectivity index (χ3v) is 6.23. The van der Waals surface area contributed by atoms with Crippen LogP contribution in [-0.2, 0) is 11.3 Å². The van der Waals surface area contributed by atoms with Crippen molar-refractivity contribution in [3.8, 4) is 11.4 Å². The molecule has 2 fully saturated rings. The normalized spacial score (nSPS) is 20.9. The molecule has 2 aliphatic heterocycles. The maximum atomic E-state index is 11.6. The molecule has 0 saturated carbocycles. The van der Waals surface area contributed by atoms with E-state index in [1.165, 1.54) is 0 Å². The Balaban J connectivity index is 1.53. The average molecular weight is 453 g/mol. The Kier molecular flexibility index (Phi) is 5.63. The van der Waals surface area contributed by atoms with E-state index in [4.69, 9.17) is 14.7 Å². The van der Waals surface area contributed by atoms with Crippen molar-refractivity contribution >= 4 is 28.6 Å². The first-order valence-corrected chi connectivity index (χ1v) is 11.4. The largest absolute Gasteiger partial charge is 0.465 e. The molecule has 174 valence electrons. The third kappa shape index (κ3) is 4.11. The molecule has 3 unspecified atom stereocenters. The summed E-state index contributed by atoms with van der Waals surface area (Å²) in [4.78, 5) is 24.8. The minimum Gasteiger partial charge on any atom is -0.465 e. The van der Waals surface area contributed by atoms with Gasteiger partial charge in [0.2, 0.25) is 0 Å². The SMILES string of the molecule is CCn1ncc2c(N3CC4CCC(C3)O4)nc(-c3ccc(N(CC(C)O)C(=O)O)cc3)nc21. The summed E-state index contributed by atoms with van der Waals surface area (Å²) in [7, 11) is 0. The molecule has 10 heteroatoms. The Morgan fingerprint density at radius 1 is 1.21 bits per heavy atom. The summed E-state index contributed by atoms with van der Waals surface area (Å²) in [6.45, 7) is 5.87. The number of carboxylic acid groups (broad SMARTS) is 1. The molecule has 2 aliphatic rings. The Hall–Kier alpha value is -3.24. The van der Waals surface area contributed by atoms with Crippen molar-refractivity contribution in [1.82, 2.24) is 19.7 Å². The lowest BCUT2D eigenvalue weighted by molar-refractivity contribution is 0.0303. The highest BCUT2D eigenvalue weighted by atomic mass is 16.5. The van der Waals surface area contributed by atoms with Crippen molar-refractivity contribution in [3.63, 3.8) is 0 Å². The van der Waals surface area contributed by atoms with Gasteiger partial charge in [-0.3, -0.25) is 4.90 Å². The van der Waals surface area contributed by atoms with Gasteiger partial charge in [0, 0.05) is 30.9 Å². The number of hydrogen-bond acceptors (Lipinski definition) is 7. The molecule has 3 aromatic rings. The molecular weight excluding hydrogens is 424 g/mol. The lowest BCUT2D eigenvalue weighted by atomic mass is 10.1. The van der Waals surface area contributed by atoms with Crippen LogP contribution in [-0.4, -0.2) is 74.0 Å². The van der Waals surface area contributed by atoms with Crippen molar-refractivity contribution in [3.05, 3.63) is 30.5 Å². The highest BCUT2D eigenvalue weighted by Crippen LogP contribution is 2.34. The quantitative estimate of drug-likeness (QED) is 0.586. The molecule has 0 aliphatic carbocycles. The van der Waals surface area contributed by atoms with Crippen LogP contribution in [0.1, 0.15) is 26.7 Å². The molecule has 4 heterocycles. The van der Waals surface area contributed by atoms with E-state index in [0.717, 1.165) is 53.2 Å². The number of fused-ring (bicyclic) bond motifs is 3. The van der Waals surface area contributed by atoms with Crippen LogP contribution >= 0.6 is 0 Å². The molecule has 1 amide bonds. The van der Waals surface area contributed by atoms with Crippen LogP contribution in [0, 0.1) is 0 Å². The number of aryl methyl sites for hydroxylation is 1. The molecule has 0 spiro atoms. The minimum atomic E-state index is -1.11. The van der Waals surface area contributed by atoms with E-state index in [1.54, 1.807) is 19.1 Å². The standard InChI is InChI=1S/C23H28N6O4/c1-3-29-22-19(10-24-29)21(27-12-17-8-9-18(13-27)33-17)25-20(26-22)15-4-6-16(7-5-15)28(23(31)32)11-14(2)30/h4-7,10,14,17-18,30H,3,8-9,11-13H2,1-2H3,(H,31,32). The number of nitrogens with zero attached hydrogens (tertiary/aromatic N) is 6. The first-order chi connectivity index (χ1) is 15.9. The van der Waals surface area contributed by atoms with Gasteiger partial charge in [-0.05, 0) is 51.0 Å². The Morgan fingerprint density at radius 2 is 1.91 bits per heavy atom. The van der Waals surface area contributed by atoms with Gasteiger partial charge in [0.05, 0.1) is 36.4 Å². The second kappa shape index (κ2) is 8.60. The predicted octanol–water partition coefficient (Wildman–Crippen LogP) is 2.75. The third-order valence-electron chi connectivity index (χ3n) is 6.23. The lowest BCUT2D eigenvalue weighted by Gasteiger charge is -2.33. The number of rotatable bonds is 6. The van der Waals surface area contributed by atoms with E-state index in [1.807, 2.05) is 29.9 Å². The first kappa shape index (κ1) is 21.6. The molecule has 2 aromatic heterocycles. The van der Waals surface area contributed by atoms with Gasteiger partial charge in [0.15, 0.2) is 11.5 Å². The van der Waals surface area contributed by atoms with Crippen molar-refractivity contribution < 1.29 is 19.7 Å². The van der Waals surface area contributed by atoms with E-state index in [9.17, 15) is 15.0 Å². The Morgan fingerprint density at radius 3 is 2.52 bits per heavy atom. The van der Waals surface area contributed by atoms with E-state index < -0.39 is 12.2 Å². The second-order valence-electron chi connectivity index (χ2n) is 8.72. The smallest absolute Gasteiger partial charge is 0.411 e. The number of anilines is 2. The fraction of sp³-hybridized carbons (Fsp3) is 0.478. The zero-order valence-corrected chi connectivity index (χ0v) is 18.8. The zero-order chi connectivity index (χ0) is 23.1.